The molecule has 3 nitrogen and oxygen atoms in total. The number of nitrogens with zero attached hydrogens (tertiary/aromatic N) is 2. The average Bonchev–Trinajstić information content (AvgIpc) is 2.86. The molecule has 0 saturated carbocycles. The second-order valence-corrected chi connectivity index (χ2v) is 6.60. The minimum Gasteiger partial charge on any atom is -0.339 e. The highest BCUT2D eigenvalue weighted by atomic mass is 19.2. The molecule has 1 aromatic carbocycles. The van der Waals surface area contributed by atoms with E-state index < -0.39 is 11.6 Å². The van der Waals surface area contributed by atoms with Gasteiger partial charge >= 0.3 is 0 Å². The summed E-state index contributed by atoms with van der Waals surface area (Å²) >= 11 is 0. The van der Waals surface area contributed by atoms with E-state index in [0.29, 0.717) is 19.1 Å². The molecule has 0 radical (unpaired) electrons. The standard InChI is InChI=1S/C18H24F2N2O/c19-16-6-5-14(13-17(16)20)18(23)22-11-7-15(8-12-22)21-9-3-1-2-4-10-21/h5-6,13,15H,1-4,7-12H2. The van der Waals surface area contributed by atoms with Crippen molar-refractivity contribution in [2.75, 3.05) is 26.2 Å². The highest BCUT2D eigenvalue weighted by molar-refractivity contribution is 5.94. The molecule has 0 atom stereocenters. The Morgan fingerprint density at radius 1 is 0.913 bits per heavy atom. The number of piperidine rings is 1. The molecule has 126 valence electrons. The predicted octanol–water partition coefficient (Wildman–Crippen LogP) is 3.45. The second-order valence-electron chi connectivity index (χ2n) is 6.60. The van der Waals surface area contributed by atoms with Crippen molar-refractivity contribution in [3.63, 3.8) is 0 Å². The fourth-order valence-corrected chi connectivity index (χ4v) is 3.71. The predicted molar refractivity (Wildman–Crippen MR) is 85.3 cm³/mol. The number of hydrogen-bond acceptors (Lipinski definition) is 2. The van der Waals surface area contributed by atoms with Gasteiger partial charge in [0.05, 0.1) is 0 Å². The maximum absolute atomic E-state index is 13.3. The molecule has 0 aliphatic carbocycles. The largest absolute Gasteiger partial charge is 0.339 e. The van der Waals surface area contributed by atoms with Crippen LogP contribution in [0.2, 0.25) is 0 Å². The van der Waals surface area contributed by atoms with Crippen molar-refractivity contribution in [1.29, 1.82) is 0 Å². The maximum atomic E-state index is 13.3. The summed E-state index contributed by atoms with van der Waals surface area (Å²) in [5.41, 5.74) is 0.233. The summed E-state index contributed by atoms with van der Waals surface area (Å²) in [6, 6.07) is 3.94. The number of carbonyl (C=O) groups is 1. The molecule has 0 N–H and O–H groups in total. The summed E-state index contributed by atoms with van der Waals surface area (Å²) in [6.07, 6.45) is 7.13. The third-order valence-corrected chi connectivity index (χ3v) is 5.08. The number of carbonyl (C=O) groups excluding carboxylic acids is 1. The van der Waals surface area contributed by atoms with E-state index in [1.165, 1.54) is 44.8 Å². The summed E-state index contributed by atoms with van der Waals surface area (Å²) in [5, 5.41) is 0. The van der Waals surface area contributed by atoms with Gasteiger partial charge in [0.25, 0.3) is 5.91 Å². The van der Waals surface area contributed by atoms with Crippen LogP contribution in [0.4, 0.5) is 8.78 Å². The SMILES string of the molecule is O=C(c1ccc(F)c(F)c1)N1CCC(N2CCCCCC2)CC1. The molecule has 0 bridgehead atoms. The van der Waals surface area contributed by atoms with Crippen LogP contribution in [0.5, 0.6) is 0 Å². The third kappa shape index (κ3) is 3.89. The Labute approximate surface area is 136 Å². The van der Waals surface area contributed by atoms with Crippen LogP contribution in [0, 0.1) is 11.6 Å². The van der Waals surface area contributed by atoms with Crippen LogP contribution in [-0.2, 0) is 0 Å². The van der Waals surface area contributed by atoms with Gasteiger partial charge in [-0.3, -0.25) is 4.79 Å². The molecule has 0 spiro atoms. The minimum absolute atomic E-state index is 0.196. The van der Waals surface area contributed by atoms with E-state index in [4.69, 9.17) is 0 Å². The van der Waals surface area contributed by atoms with Gasteiger partial charge in [0.1, 0.15) is 0 Å². The molecule has 3 rings (SSSR count). The van der Waals surface area contributed by atoms with E-state index in [1.54, 1.807) is 4.90 Å². The summed E-state index contributed by atoms with van der Waals surface area (Å²) in [4.78, 5) is 16.8. The van der Waals surface area contributed by atoms with Gasteiger partial charge in [-0.25, -0.2) is 8.78 Å². The van der Waals surface area contributed by atoms with Gasteiger partial charge in [0.2, 0.25) is 0 Å². The zero-order chi connectivity index (χ0) is 16.2. The highest BCUT2D eigenvalue weighted by Gasteiger charge is 2.27. The molecule has 2 saturated heterocycles. The molecule has 0 unspecified atom stereocenters. The fraction of sp³-hybridized carbons (Fsp3) is 0.611. The zero-order valence-electron chi connectivity index (χ0n) is 13.4. The molecule has 5 heteroatoms. The van der Waals surface area contributed by atoms with Crippen molar-refractivity contribution in [2.45, 2.75) is 44.6 Å². The Balaban J connectivity index is 1.57. The van der Waals surface area contributed by atoms with E-state index in [9.17, 15) is 13.6 Å². The highest BCUT2D eigenvalue weighted by Crippen LogP contribution is 2.22. The molecule has 2 heterocycles. The van der Waals surface area contributed by atoms with Gasteiger partial charge in [0.15, 0.2) is 11.6 Å². The second kappa shape index (κ2) is 7.39. The average molecular weight is 322 g/mol. The Kier molecular flexibility index (Phi) is 5.26. The van der Waals surface area contributed by atoms with Gasteiger partial charge < -0.3 is 9.80 Å². The summed E-state index contributed by atoms with van der Waals surface area (Å²) in [6.45, 7) is 3.72. The first-order chi connectivity index (χ1) is 11.1. The molecule has 0 aromatic heterocycles. The quantitative estimate of drug-likeness (QED) is 0.833. The van der Waals surface area contributed by atoms with Crippen molar-refractivity contribution >= 4 is 5.91 Å². The molecule has 23 heavy (non-hydrogen) atoms. The molecular formula is C18H24F2N2O. The van der Waals surface area contributed by atoms with Crippen LogP contribution in [0.1, 0.15) is 48.9 Å². The van der Waals surface area contributed by atoms with E-state index in [-0.39, 0.29) is 11.5 Å². The lowest BCUT2D eigenvalue weighted by Crippen LogP contribution is -2.47. The van der Waals surface area contributed by atoms with E-state index in [0.717, 1.165) is 25.0 Å². The van der Waals surface area contributed by atoms with Crippen LogP contribution >= 0.6 is 0 Å². The van der Waals surface area contributed by atoms with Gasteiger partial charge in [-0.1, -0.05) is 12.8 Å². The summed E-state index contributed by atoms with van der Waals surface area (Å²) in [7, 11) is 0. The maximum Gasteiger partial charge on any atom is 0.253 e. The Bertz CT molecular complexity index is 548. The first-order valence-corrected chi connectivity index (χ1v) is 8.63. The minimum atomic E-state index is -0.963. The van der Waals surface area contributed by atoms with Crippen LogP contribution < -0.4 is 0 Å². The van der Waals surface area contributed by atoms with Gasteiger partial charge in [-0.15, -0.1) is 0 Å². The van der Waals surface area contributed by atoms with Crippen LogP contribution in [-0.4, -0.2) is 47.9 Å². The molecule has 2 aliphatic rings. The number of hydrogen-bond donors (Lipinski definition) is 0. The van der Waals surface area contributed by atoms with Crippen LogP contribution in [0.25, 0.3) is 0 Å². The van der Waals surface area contributed by atoms with Crippen LogP contribution in [0.15, 0.2) is 18.2 Å². The lowest BCUT2D eigenvalue weighted by Gasteiger charge is -2.38. The van der Waals surface area contributed by atoms with Gasteiger partial charge in [-0.05, 0) is 57.0 Å². The summed E-state index contributed by atoms with van der Waals surface area (Å²) in [5.74, 6) is -2.07. The van der Waals surface area contributed by atoms with Gasteiger partial charge in [0, 0.05) is 24.7 Å². The monoisotopic (exact) mass is 322 g/mol. The molecular weight excluding hydrogens is 298 g/mol. The number of halogens is 2. The van der Waals surface area contributed by atoms with Crippen molar-refractivity contribution in [2.24, 2.45) is 0 Å². The first-order valence-electron chi connectivity index (χ1n) is 8.63. The Hall–Kier alpha value is -1.49. The lowest BCUT2D eigenvalue weighted by atomic mass is 10.0. The van der Waals surface area contributed by atoms with Gasteiger partial charge in [-0.2, -0.15) is 0 Å². The van der Waals surface area contributed by atoms with Crippen molar-refractivity contribution in [3.05, 3.63) is 35.4 Å². The number of benzene rings is 1. The Morgan fingerprint density at radius 2 is 1.57 bits per heavy atom. The van der Waals surface area contributed by atoms with E-state index in [1.807, 2.05) is 0 Å². The number of rotatable bonds is 2. The molecule has 1 aromatic rings. The molecule has 2 aliphatic heterocycles. The van der Waals surface area contributed by atoms with E-state index >= 15 is 0 Å². The number of likely N-dealkylation sites (tertiary alicyclic amines) is 2. The van der Waals surface area contributed by atoms with Crippen molar-refractivity contribution in [1.82, 2.24) is 9.80 Å². The van der Waals surface area contributed by atoms with Crippen LogP contribution in [0.3, 0.4) is 0 Å². The molecule has 2 fully saturated rings. The van der Waals surface area contributed by atoms with Crippen molar-refractivity contribution < 1.29 is 13.6 Å². The zero-order valence-corrected chi connectivity index (χ0v) is 13.4. The van der Waals surface area contributed by atoms with Crippen molar-refractivity contribution in [3.8, 4) is 0 Å². The Morgan fingerprint density at radius 3 is 2.17 bits per heavy atom. The molecule has 1 amide bonds. The smallest absolute Gasteiger partial charge is 0.253 e. The van der Waals surface area contributed by atoms with E-state index in [2.05, 4.69) is 4.90 Å². The third-order valence-electron chi connectivity index (χ3n) is 5.08. The summed E-state index contributed by atoms with van der Waals surface area (Å²) < 4.78 is 26.3. The fourth-order valence-electron chi connectivity index (χ4n) is 3.71. The topological polar surface area (TPSA) is 23.6 Å². The lowest BCUT2D eigenvalue weighted by molar-refractivity contribution is 0.0622. The normalized spacial score (nSPS) is 21.2. The first kappa shape index (κ1) is 16.4. The number of amides is 1.